The molecule has 114 valence electrons. The van der Waals surface area contributed by atoms with Gasteiger partial charge in [-0.3, -0.25) is 0 Å². The minimum absolute atomic E-state index is 0.685. The van der Waals surface area contributed by atoms with E-state index < -0.39 is 14.1 Å². The van der Waals surface area contributed by atoms with Crippen LogP contribution in [0.4, 0.5) is 0 Å². The summed E-state index contributed by atoms with van der Waals surface area (Å²) >= 11 is -0.685. The SMILES string of the molecule is CC(C)C[CH](C)[Al]([CH](C)CC(C)C)[CH](C)CC(C)C. The minimum Gasteiger partial charge on any atom is -0.0842 e. The van der Waals surface area contributed by atoms with Gasteiger partial charge in [0.2, 0.25) is 0 Å². The molecule has 3 atom stereocenters. The molecule has 0 aromatic rings. The molecule has 0 aromatic heterocycles. The van der Waals surface area contributed by atoms with Crippen LogP contribution in [-0.2, 0) is 0 Å². The third-order valence-corrected chi connectivity index (χ3v) is 9.26. The lowest BCUT2D eigenvalue weighted by molar-refractivity contribution is 0.512. The van der Waals surface area contributed by atoms with Gasteiger partial charge < -0.3 is 0 Å². The molecule has 0 heterocycles. The first-order chi connectivity index (χ1) is 8.65. The third-order valence-electron chi connectivity index (χ3n) is 4.50. The standard InChI is InChI=1S/3C6H13.Al/c3*1-4-5-6(2)3;/h3*4,6H,5H2,1-3H3;. The van der Waals surface area contributed by atoms with Crippen molar-refractivity contribution >= 4 is 14.1 Å². The van der Waals surface area contributed by atoms with E-state index in [0.29, 0.717) is 0 Å². The van der Waals surface area contributed by atoms with Gasteiger partial charge in [0.15, 0.2) is 0 Å². The molecule has 0 radical (unpaired) electrons. The highest BCUT2D eigenvalue weighted by Gasteiger charge is 2.35. The van der Waals surface area contributed by atoms with Crippen molar-refractivity contribution < 1.29 is 0 Å². The highest BCUT2D eigenvalue weighted by molar-refractivity contribution is 6.63. The molecule has 0 fully saturated rings. The summed E-state index contributed by atoms with van der Waals surface area (Å²) in [7, 11) is 0. The average Bonchev–Trinajstić information content (AvgIpc) is 2.12. The van der Waals surface area contributed by atoms with Crippen molar-refractivity contribution in [2.45, 2.75) is 95.9 Å². The monoisotopic (exact) mass is 282 g/mol. The van der Waals surface area contributed by atoms with Gasteiger partial charge in [-0.2, -0.15) is 0 Å². The summed E-state index contributed by atoms with van der Waals surface area (Å²) in [6.07, 6.45) is 4.34. The fourth-order valence-electron chi connectivity index (χ4n) is 4.38. The summed E-state index contributed by atoms with van der Waals surface area (Å²) in [5.74, 6) is 2.59. The summed E-state index contributed by atoms with van der Waals surface area (Å²) < 4.78 is 3.01. The smallest absolute Gasteiger partial charge is 0.0842 e. The van der Waals surface area contributed by atoms with E-state index in [2.05, 4.69) is 62.3 Å². The minimum atomic E-state index is -0.685. The molecule has 0 amide bonds. The molecule has 1 heteroatoms. The van der Waals surface area contributed by atoms with Crippen LogP contribution in [0.5, 0.6) is 0 Å². The predicted molar refractivity (Wildman–Crippen MR) is 92.4 cm³/mol. The van der Waals surface area contributed by atoms with E-state index in [0.717, 1.165) is 32.1 Å². The van der Waals surface area contributed by atoms with E-state index in [9.17, 15) is 0 Å². The second-order valence-corrected chi connectivity index (χ2v) is 13.0. The molecule has 0 spiro atoms. The summed E-state index contributed by atoms with van der Waals surface area (Å²) in [5.41, 5.74) is 0. The Kier molecular flexibility index (Phi) is 9.73. The lowest BCUT2D eigenvalue weighted by Gasteiger charge is -2.33. The van der Waals surface area contributed by atoms with E-state index in [4.69, 9.17) is 0 Å². The quantitative estimate of drug-likeness (QED) is 0.408. The van der Waals surface area contributed by atoms with Gasteiger partial charge in [-0.15, -0.1) is 0 Å². The van der Waals surface area contributed by atoms with Crippen molar-refractivity contribution in [2.24, 2.45) is 17.8 Å². The van der Waals surface area contributed by atoms with Crippen molar-refractivity contribution in [2.75, 3.05) is 0 Å². The molecule has 3 unspecified atom stereocenters. The summed E-state index contributed by atoms with van der Waals surface area (Å²) in [4.78, 5) is 0. The average molecular weight is 282 g/mol. The molecular weight excluding hydrogens is 243 g/mol. The highest BCUT2D eigenvalue weighted by Crippen LogP contribution is 2.39. The zero-order valence-corrected chi connectivity index (χ0v) is 16.3. The van der Waals surface area contributed by atoms with Gasteiger partial charge in [0.1, 0.15) is 0 Å². The van der Waals surface area contributed by atoms with Crippen LogP contribution in [0.25, 0.3) is 0 Å². The van der Waals surface area contributed by atoms with Gasteiger partial charge >= 0.3 is 0 Å². The van der Waals surface area contributed by atoms with Gasteiger partial charge in [-0.05, 0) is 17.8 Å². The van der Waals surface area contributed by atoms with Gasteiger partial charge in [-0.25, -0.2) is 0 Å². The van der Waals surface area contributed by atoms with E-state index in [1.807, 2.05) is 0 Å². The van der Waals surface area contributed by atoms with Crippen LogP contribution in [-0.4, -0.2) is 14.1 Å². The fourth-order valence-corrected chi connectivity index (χ4v) is 10.3. The lowest BCUT2D eigenvalue weighted by atomic mass is 10.1. The molecule has 0 saturated carbocycles. The van der Waals surface area contributed by atoms with Crippen LogP contribution in [0.1, 0.15) is 81.6 Å². The Labute approximate surface area is 128 Å². The number of hydrogen-bond donors (Lipinski definition) is 0. The molecule has 0 aliphatic carbocycles. The number of rotatable bonds is 9. The largest absolute Gasteiger partial charge is 0.271 e. The normalized spacial score (nSPS) is 17.1. The molecule has 0 rings (SSSR count). The summed E-state index contributed by atoms with van der Waals surface area (Å²) in [6.45, 7) is 22.0. The van der Waals surface area contributed by atoms with E-state index in [1.165, 1.54) is 19.3 Å². The van der Waals surface area contributed by atoms with E-state index in [-0.39, 0.29) is 0 Å². The Morgan fingerprint density at radius 2 is 0.684 bits per heavy atom. The van der Waals surface area contributed by atoms with Crippen LogP contribution < -0.4 is 0 Å². The van der Waals surface area contributed by atoms with Crippen LogP contribution in [0.2, 0.25) is 14.3 Å². The molecule has 0 aromatic carbocycles. The lowest BCUT2D eigenvalue weighted by Crippen LogP contribution is -2.31. The Morgan fingerprint density at radius 3 is 0.842 bits per heavy atom. The Bertz CT molecular complexity index is 182. The summed E-state index contributed by atoms with van der Waals surface area (Å²) in [5, 5.41) is 0. The van der Waals surface area contributed by atoms with Crippen molar-refractivity contribution in [1.29, 1.82) is 0 Å². The first kappa shape index (κ1) is 19.5. The van der Waals surface area contributed by atoms with Crippen molar-refractivity contribution in [3.63, 3.8) is 0 Å². The van der Waals surface area contributed by atoms with Gasteiger partial charge in [0.05, 0.1) is 0 Å². The maximum absolute atomic E-state index is 2.56. The maximum Gasteiger partial charge on any atom is 0.271 e. The van der Waals surface area contributed by atoms with Crippen molar-refractivity contribution in [3.8, 4) is 0 Å². The number of hydrogen-bond acceptors (Lipinski definition) is 0. The maximum atomic E-state index is 2.56. The Morgan fingerprint density at radius 1 is 0.474 bits per heavy atom. The molecule has 19 heavy (non-hydrogen) atoms. The van der Waals surface area contributed by atoms with Crippen LogP contribution in [0, 0.1) is 17.8 Å². The highest BCUT2D eigenvalue weighted by atomic mass is 27.2. The van der Waals surface area contributed by atoms with Gasteiger partial charge in [-0.1, -0.05) is 95.9 Å². The predicted octanol–water partition coefficient (Wildman–Crippen LogP) is 6.79. The zero-order valence-electron chi connectivity index (χ0n) is 15.2. The molecule has 0 aliphatic rings. The van der Waals surface area contributed by atoms with Gasteiger partial charge in [0.25, 0.3) is 14.1 Å². The van der Waals surface area contributed by atoms with E-state index >= 15 is 0 Å². The second-order valence-electron chi connectivity index (χ2n) is 8.40. The van der Waals surface area contributed by atoms with Crippen LogP contribution in [0.15, 0.2) is 0 Å². The topological polar surface area (TPSA) is 0 Å². The van der Waals surface area contributed by atoms with E-state index in [1.54, 1.807) is 0 Å². The molecule has 0 bridgehead atoms. The molecule has 0 nitrogen and oxygen atoms in total. The zero-order chi connectivity index (χ0) is 15.2. The van der Waals surface area contributed by atoms with Crippen LogP contribution >= 0.6 is 0 Å². The second kappa shape index (κ2) is 9.47. The molecule has 0 saturated heterocycles. The Balaban J connectivity index is 4.79. The van der Waals surface area contributed by atoms with Crippen molar-refractivity contribution in [1.82, 2.24) is 0 Å². The summed E-state index contributed by atoms with van der Waals surface area (Å²) in [6, 6.07) is 0. The fraction of sp³-hybridized carbons (Fsp3) is 1.00. The molecule has 0 aliphatic heterocycles. The first-order valence-electron chi connectivity index (χ1n) is 8.65. The molecule has 0 N–H and O–H groups in total. The van der Waals surface area contributed by atoms with Crippen molar-refractivity contribution in [3.05, 3.63) is 0 Å². The van der Waals surface area contributed by atoms with Gasteiger partial charge in [0, 0.05) is 0 Å². The first-order valence-corrected chi connectivity index (χ1v) is 10.6. The molecular formula is C18H39Al. The van der Waals surface area contributed by atoms with Crippen LogP contribution in [0.3, 0.4) is 0 Å². The Hall–Kier alpha value is 0.532. The third kappa shape index (κ3) is 8.42.